The molecule has 0 saturated heterocycles. The van der Waals surface area contributed by atoms with Crippen LogP contribution in [-0.4, -0.2) is 33.2 Å². The van der Waals surface area contributed by atoms with Crippen molar-refractivity contribution in [2.24, 2.45) is 0 Å². The highest BCUT2D eigenvalue weighted by atomic mass is 35.5. The second-order valence-electron chi connectivity index (χ2n) is 8.37. The molecule has 12 heteroatoms. The number of carbonyl (C=O) groups excluding carboxylic acids is 1. The third-order valence-corrected chi connectivity index (χ3v) is 8.89. The minimum Gasteiger partial charge on any atom is -0.354 e. The number of benzene rings is 3. The van der Waals surface area contributed by atoms with Crippen molar-refractivity contribution in [2.75, 3.05) is 23.1 Å². The van der Waals surface area contributed by atoms with E-state index in [0.717, 1.165) is 34.8 Å². The van der Waals surface area contributed by atoms with Crippen LogP contribution in [0.5, 0.6) is 0 Å². The fourth-order valence-corrected chi connectivity index (χ4v) is 6.08. The number of thioether (sulfide) groups is 1. The Morgan fingerprint density at radius 3 is 2.29 bits per heavy atom. The maximum absolute atomic E-state index is 13.5. The smallest absolute Gasteiger partial charge is 0.354 e. The van der Waals surface area contributed by atoms with Gasteiger partial charge in [-0.05, 0) is 67.1 Å². The lowest BCUT2D eigenvalue weighted by atomic mass is 10.2. The molecular weight excluding hydrogens is 580 g/mol. The van der Waals surface area contributed by atoms with E-state index in [0.29, 0.717) is 21.8 Å². The summed E-state index contributed by atoms with van der Waals surface area (Å²) >= 11 is 13.3. The number of aryl methyl sites for hydroxylation is 1. The fourth-order valence-electron chi connectivity index (χ4n) is 3.40. The lowest BCUT2D eigenvalue weighted by molar-refractivity contribution is -0.137. The van der Waals surface area contributed by atoms with E-state index in [1.54, 1.807) is 30.8 Å². The van der Waals surface area contributed by atoms with Gasteiger partial charge in [0.05, 0.1) is 21.2 Å². The molecule has 0 fully saturated rings. The minimum absolute atomic E-state index is 0.155. The summed E-state index contributed by atoms with van der Waals surface area (Å²) in [5, 5.41) is 2.74. The van der Waals surface area contributed by atoms with E-state index >= 15 is 0 Å². The number of sulfonamides is 1. The number of rotatable bonds is 11. The molecule has 0 unspecified atom stereocenters. The number of amides is 1. The Hall–Kier alpha value is -2.40. The van der Waals surface area contributed by atoms with Crippen molar-refractivity contribution in [2.45, 2.75) is 30.2 Å². The van der Waals surface area contributed by atoms with E-state index in [9.17, 15) is 26.4 Å². The van der Waals surface area contributed by atoms with Crippen LogP contribution < -0.4 is 9.62 Å². The molecule has 0 aliphatic carbocycles. The van der Waals surface area contributed by atoms with Crippen LogP contribution in [0.4, 0.5) is 18.9 Å². The molecule has 0 aliphatic rings. The van der Waals surface area contributed by atoms with E-state index in [-0.39, 0.29) is 17.1 Å². The molecule has 3 rings (SSSR count). The van der Waals surface area contributed by atoms with Crippen LogP contribution >= 0.6 is 35.0 Å². The molecule has 1 N–H and O–H groups in total. The van der Waals surface area contributed by atoms with Gasteiger partial charge >= 0.3 is 6.18 Å². The van der Waals surface area contributed by atoms with Crippen LogP contribution in [0.2, 0.25) is 10.0 Å². The number of nitrogens with one attached hydrogen (secondary N) is 1. The van der Waals surface area contributed by atoms with Gasteiger partial charge in [-0.15, -0.1) is 0 Å². The van der Waals surface area contributed by atoms with Gasteiger partial charge in [-0.25, -0.2) is 8.42 Å². The zero-order chi connectivity index (χ0) is 27.9. The van der Waals surface area contributed by atoms with E-state index in [2.05, 4.69) is 5.32 Å². The van der Waals surface area contributed by atoms with Crippen molar-refractivity contribution in [1.29, 1.82) is 0 Å². The van der Waals surface area contributed by atoms with E-state index in [1.165, 1.54) is 12.1 Å². The highest BCUT2D eigenvalue weighted by Gasteiger charge is 2.35. The summed E-state index contributed by atoms with van der Waals surface area (Å²) < 4.78 is 67.9. The summed E-state index contributed by atoms with van der Waals surface area (Å²) in [5.74, 6) is 0.860. The normalized spacial score (nSPS) is 11.8. The van der Waals surface area contributed by atoms with Gasteiger partial charge in [0, 0.05) is 17.3 Å². The topological polar surface area (TPSA) is 66.5 Å². The predicted molar refractivity (Wildman–Crippen MR) is 147 cm³/mol. The Balaban J connectivity index is 1.70. The van der Waals surface area contributed by atoms with Crippen molar-refractivity contribution >= 4 is 56.6 Å². The van der Waals surface area contributed by atoms with Gasteiger partial charge < -0.3 is 5.32 Å². The molecule has 3 aromatic rings. The summed E-state index contributed by atoms with van der Waals surface area (Å²) in [6.45, 7) is 1.34. The number of nitrogens with zero attached hydrogens (tertiary/aromatic N) is 1. The zero-order valence-electron chi connectivity index (χ0n) is 20.3. The van der Waals surface area contributed by atoms with Gasteiger partial charge in [0.2, 0.25) is 5.91 Å². The molecule has 0 heterocycles. The van der Waals surface area contributed by atoms with Crippen molar-refractivity contribution in [3.63, 3.8) is 0 Å². The maximum atomic E-state index is 13.5. The quantitative estimate of drug-likeness (QED) is 0.240. The second-order valence-corrected chi connectivity index (χ2v) is 12.2. The Bertz CT molecular complexity index is 1350. The largest absolute Gasteiger partial charge is 0.417 e. The van der Waals surface area contributed by atoms with Crippen LogP contribution in [0.1, 0.15) is 23.1 Å². The molecule has 3 aromatic carbocycles. The Labute approximate surface area is 234 Å². The molecular formula is C26H25Cl2F3N2O3S2. The summed E-state index contributed by atoms with van der Waals surface area (Å²) in [5.41, 5.74) is 0.393. The highest BCUT2D eigenvalue weighted by molar-refractivity contribution is 7.98. The zero-order valence-corrected chi connectivity index (χ0v) is 23.4. The molecule has 0 atom stereocenters. The highest BCUT2D eigenvalue weighted by Crippen LogP contribution is 2.38. The van der Waals surface area contributed by atoms with Crippen LogP contribution in [0.15, 0.2) is 71.6 Å². The van der Waals surface area contributed by atoms with Crippen molar-refractivity contribution in [3.05, 3.63) is 93.5 Å². The molecule has 38 heavy (non-hydrogen) atoms. The van der Waals surface area contributed by atoms with Crippen molar-refractivity contribution in [1.82, 2.24) is 5.32 Å². The number of halogens is 5. The van der Waals surface area contributed by atoms with Crippen molar-refractivity contribution < 1.29 is 26.4 Å². The second kappa shape index (κ2) is 13.1. The molecule has 0 saturated carbocycles. The molecule has 0 radical (unpaired) electrons. The summed E-state index contributed by atoms with van der Waals surface area (Å²) in [4.78, 5) is 12.6. The monoisotopic (exact) mass is 604 g/mol. The van der Waals surface area contributed by atoms with Gasteiger partial charge in [0.25, 0.3) is 10.0 Å². The van der Waals surface area contributed by atoms with Crippen LogP contribution in [0.25, 0.3) is 0 Å². The van der Waals surface area contributed by atoms with E-state index in [1.807, 2.05) is 24.3 Å². The first kappa shape index (κ1) is 30.1. The number of hydrogen-bond acceptors (Lipinski definition) is 4. The lowest BCUT2D eigenvalue weighted by Crippen LogP contribution is -2.41. The van der Waals surface area contributed by atoms with Crippen LogP contribution in [0.3, 0.4) is 0 Å². The number of alkyl halides is 3. The van der Waals surface area contributed by atoms with Gasteiger partial charge in [0.1, 0.15) is 6.54 Å². The average molecular weight is 606 g/mol. The number of anilines is 1. The minimum atomic E-state index is -4.81. The summed E-state index contributed by atoms with van der Waals surface area (Å²) in [6, 6.07) is 16.0. The van der Waals surface area contributed by atoms with Gasteiger partial charge in [-0.2, -0.15) is 24.9 Å². The first-order chi connectivity index (χ1) is 17.9. The molecule has 0 aliphatic heterocycles. The molecule has 1 amide bonds. The average Bonchev–Trinajstić information content (AvgIpc) is 2.85. The summed E-state index contributed by atoms with van der Waals surface area (Å²) in [6.07, 6.45) is -4.19. The first-order valence-electron chi connectivity index (χ1n) is 11.4. The molecule has 0 spiro atoms. The molecule has 0 bridgehead atoms. The van der Waals surface area contributed by atoms with Crippen molar-refractivity contribution in [3.8, 4) is 0 Å². The number of hydrogen-bond donors (Lipinski definition) is 1. The molecule has 204 valence electrons. The Morgan fingerprint density at radius 2 is 1.66 bits per heavy atom. The van der Waals surface area contributed by atoms with Gasteiger partial charge in [-0.1, -0.05) is 53.0 Å². The fraction of sp³-hybridized carbons (Fsp3) is 0.269. The number of carbonyl (C=O) groups is 1. The Morgan fingerprint density at radius 1 is 1.00 bits per heavy atom. The van der Waals surface area contributed by atoms with Crippen LogP contribution in [-0.2, 0) is 26.7 Å². The Kier molecular flexibility index (Phi) is 10.4. The first-order valence-corrected chi connectivity index (χ1v) is 14.8. The van der Waals surface area contributed by atoms with Crippen LogP contribution in [0, 0.1) is 6.92 Å². The van der Waals surface area contributed by atoms with E-state index < -0.39 is 39.2 Å². The SMILES string of the molecule is Cc1ccc(S(=O)(=O)N(CC(=O)NCCCSCc2ccc(Cl)cc2)c2ccc(Cl)c(C(F)(F)F)c2)cc1. The predicted octanol–water partition coefficient (Wildman–Crippen LogP) is 6.96. The maximum Gasteiger partial charge on any atom is 0.417 e. The summed E-state index contributed by atoms with van der Waals surface area (Å²) in [7, 11) is -4.37. The van der Waals surface area contributed by atoms with Gasteiger partial charge in [0.15, 0.2) is 0 Å². The lowest BCUT2D eigenvalue weighted by Gasteiger charge is -2.25. The van der Waals surface area contributed by atoms with E-state index in [4.69, 9.17) is 23.2 Å². The third-order valence-electron chi connectivity index (χ3n) is 5.41. The third kappa shape index (κ3) is 8.30. The van der Waals surface area contributed by atoms with Gasteiger partial charge in [-0.3, -0.25) is 9.10 Å². The molecule has 5 nitrogen and oxygen atoms in total. The standard InChI is InChI=1S/C26H25Cl2F3N2O3S2/c1-18-3-10-22(11-4-18)38(35,36)33(21-9-12-24(28)23(15-21)26(29,30)31)16-25(34)32-13-2-14-37-17-19-5-7-20(27)8-6-19/h3-12,15H,2,13-14,16-17H2,1H3,(H,32,34). The molecule has 0 aromatic heterocycles.